The molecule has 1 fully saturated rings. The predicted octanol–water partition coefficient (Wildman–Crippen LogP) is 2.64. The van der Waals surface area contributed by atoms with E-state index in [1.807, 2.05) is 6.07 Å². The number of hydrogen-bond donors (Lipinski definition) is 1. The molecule has 1 aliphatic carbocycles. The number of hydrogen-bond acceptors (Lipinski definition) is 6. The highest BCUT2D eigenvalue weighted by atomic mass is 32.2. The Balaban J connectivity index is 1.44. The molecule has 5 rings (SSSR count). The van der Waals surface area contributed by atoms with Crippen molar-refractivity contribution in [1.29, 1.82) is 0 Å². The van der Waals surface area contributed by atoms with Gasteiger partial charge in [0.15, 0.2) is 5.16 Å². The van der Waals surface area contributed by atoms with Crippen molar-refractivity contribution in [3.63, 3.8) is 0 Å². The molecule has 0 radical (unpaired) electrons. The third-order valence-electron chi connectivity index (χ3n) is 5.53. The Morgan fingerprint density at radius 1 is 1.18 bits per heavy atom. The molecular formula is C20H21N3O4S. The Labute approximate surface area is 165 Å². The molecule has 0 bridgehead atoms. The van der Waals surface area contributed by atoms with Crippen LogP contribution in [0.5, 0.6) is 0 Å². The molecule has 1 aliphatic heterocycles. The lowest BCUT2D eigenvalue weighted by molar-refractivity contribution is 0.0941. The maximum atomic E-state index is 12.1. The summed E-state index contributed by atoms with van der Waals surface area (Å²) in [6, 6.07) is 5.71. The molecule has 0 spiro atoms. The molecule has 8 heteroatoms. The molecule has 0 amide bonds. The van der Waals surface area contributed by atoms with Gasteiger partial charge in [0.2, 0.25) is 0 Å². The minimum Gasteiger partial charge on any atom is -0.423 e. The summed E-state index contributed by atoms with van der Waals surface area (Å²) in [5.41, 5.74) is 3.58. The standard InChI is InChI=1S/C20H21N3O4S/c24-18-9-14(16-7-12-3-1-4-13(12)8-17(16)27-18)11-28-20-22-21-19(25)23(20)10-15-5-2-6-26-15/h7-9,15H,1-6,10-11H2,(H,21,25)/t15-/m0/s1. The smallest absolute Gasteiger partial charge is 0.344 e. The number of ether oxygens (including phenoxy) is 1. The summed E-state index contributed by atoms with van der Waals surface area (Å²) in [6.45, 7) is 1.25. The summed E-state index contributed by atoms with van der Waals surface area (Å²) < 4.78 is 12.7. The molecule has 28 heavy (non-hydrogen) atoms. The Morgan fingerprint density at radius 3 is 2.86 bits per heavy atom. The van der Waals surface area contributed by atoms with E-state index in [9.17, 15) is 9.59 Å². The summed E-state index contributed by atoms with van der Waals surface area (Å²) >= 11 is 1.45. The van der Waals surface area contributed by atoms with Crippen LogP contribution in [0.4, 0.5) is 0 Å². The largest absolute Gasteiger partial charge is 0.423 e. The number of aromatic nitrogens is 3. The number of fused-ring (bicyclic) bond motifs is 2. The molecule has 1 saturated heterocycles. The summed E-state index contributed by atoms with van der Waals surface area (Å²) in [7, 11) is 0. The molecule has 1 N–H and O–H groups in total. The predicted molar refractivity (Wildman–Crippen MR) is 106 cm³/mol. The van der Waals surface area contributed by atoms with E-state index in [0.717, 1.165) is 49.7 Å². The van der Waals surface area contributed by atoms with Crippen molar-refractivity contribution in [2.24, 2.45) is 0 Å². The van der Waals surface area contributed by atoms with Gasteiger partial charge < -0.3 is 9.15 Å². The highest BCUT2D eigenvalue weighted by Crippen LogP contribution is 2.31. The molecule has 3 heterocycles. The van der Waals surface area contributed by atoms with Crippen molar-refractivity contribution in [1.82, 2.24) is 14.8 Å². The topological polar surface area (TPSA) is 90.1 Å². The first-order valence-electron chi connectivity index (χ1n) is 9.65. The summed E-state index contributed by atoms with van der Waals surface area (Å²) in [5.74, 6) is 0.538. The first-order chi connectivity index (χ1) is 13.7. The van der Waals surface area contributed by atoms with Crippen LogP contribution >= 0.6 is 11.8 Å². The molecule has 1 atom stereocenters. The third kappa shape index (κ3) is 3.31. The first-order valence-corrected chi connectivity index (χ1v) is 10.6. The maximum Gasteiger partial charge on any atom is 0.344 e. The zero-order valence-electron chi connectivity index (χ0n) is 15.4. The SMILES string of the molecule is O=c1cc(CSc2n[nH]c(=O)n2C[C@@H]2CCCO2)c2cc3c(cc2o1)CCC3. The second-order valence-corrected chi connectivity index (χ2v) is 8.35. The number of benzene rings is 1. The Kier molecular flexibility index (Phi) is 4.60. The van der Waals surface area contributed by atoms with Crippen molar-refractivity contribution in [2.45, 2.75) is 55.7 Å². The van der Waals surface area contributed by atoms with Crippen LogP contribution in [0.2, 0.25) is 0 Å². The van der Waals surface area contributed by atoms with Crippen molar-refractivity contribution in [2.75, 3.05) is 6.61 Å². The summed E-state index contributed by atoms with van der Waals surface area (Å²) in [6.07, 6.45) is 5.28. The van der Waals surface area contributed by atoms with Crippen molar-refractivity contribution in [3.8, 4) is 0 Å². The highest BCUT2D eigenvalue weighted by Gasteiger charge is 2.20. The maximum absolute atomic E-state index is 12.1. The van der Waals surface area contributed by atoms with Crippen LogP contribution in [0.25, 0.3) is 11.0 Å². The lowest BCUT2D eigenvalue weighted by Crippen LogP contribution is -2.24. The van der Waals surface area contributed by atoms with Crippen LogP contribution in [0.3, 0.4) is 0 Å². The number of nitrogens with one attached hydrogen (secondary N) is 1. The molecule has 2 aromatic heterocycles. The minimum absolute atomic E-state index is 0.0573. The van der Waals surface area contributed by atoms with E-state index in [1.54, 1.807) is 10.6 Å². The zero-order valence-corrected chi connectivity index (χ0v) is 16.2. The van der Waals surface area contributed by atoms with Crippen LogP contribution in [0.15, 0.2) is 37.4 Å². The van der Waals surface area contributed by atoms with Crippen LogP contribution < -0.4 is 11.3 Å². The van der Waals surface area contributed by atoms with Gasteiger partial charge in [-0.1, -0.05) is 11.8 Å². The van der Waals surface area contributed by atoms with Gasteiger partial charge in [-0.3, -0.25) is 4.57 Å². The molecule has 2 aliphatic rings. The van der Waals surface area contributed by atoms with Gasteiger partial charge in [0, 0.05) is 23.8 Å². The van der Waals surface area contributed by atoms with Crippen LogP contribution in [0, 0.1) is 0 Å². The van der Waals surface area contributed by atoms with Gasteiger partial charge in [-0.25, -0.2) is 14.7 Å². The van der Waals surface area contributed by atoms with Gasteiger partial charge in [-0.15, -0.1) is 5.10 Å². The minimum atomic E-state index is -0.347. The summed E-state index contributed by atoms with van der Waals surface area (Å²) in [5, 5.41) is 8.28. The van der Waals surface area contributed by atoms with Crippen LogP contribution in [-0.2, 0) is 29.9 Å². The van der Waals surface area contributed by atoms with E-state index in [-0.39, 0.29) is 17.4 Å². The Bertz CT molecular complexity index is 1140. The quantitative estimate of drug-likeness (QED) is 0.524. The molecule has 1 aromatic carbocycles. The fourth-order valence-electron chi connectivity index (χ4n) is 4.12. The molecule has 146 valence electrons. The van der Waals surface area contributed by atoms with Crippen molar-refractivity contribution < 1.29 is 9.15 Å². The fraction of sp³-hybridized carbons (Fsp3) is 0.450. The summed E-state index contributed by atoms with van der Waals surface area (Å²) in [4.78, 5) is 24.2. The number of aromatic amines is 1. The second kappa shape index (κ2) is 7.25. The van der Waals surface area contributed by atoms with Gasteiger partial charge >= 0.3 is 11.3 Å². The zero-order chi connectivity index (χ0) is 19.1. The van der Waals surface area contributed by atoms with E-state index in [2.05, 4.69) is 16.3 Å². The van der Waals surface area contributed by atoms with Crippen molar-refractivity contribution >= 4 is 22.7 Å². The number of H-pyrrole nitrogens is 1. The van der Waals surface area contributed by atoms with Gasteiger partial charge in [0.1, 0.15) is 5.58 Å². The lowest BCUT2D eigenvalue weighted by Gasteiger charge is -2.11. The molecule has 0 unspecified atom stereocenters. The van der Waals surface area contributed by atoms with Gasteiger partial charge in [0.05, 0.1) is 12.6 Å². The number of aryl methyl sites for hydroxylation is 2. The Morgan fingerprint density at radius 2 is 2.04 bits per heavy atom. The average molecular weight is 399 g/mol. The lowest BCUT2D eigenvalue weighted by atomic mass is 10.0. The normalized spacial score (nSPS) is 18.8. The van der Waals surface area contributed by atoms with Gasteiger partial charge in [-0.05, 0) is 60.9 Å². The number of nitrogens with zero attached hydrogens (tertiary/aromatic N) is 2. The van der Waals surface area contributed by atoms with E-state index < -0.39 is 0 Å². The Hall–Kier alpha value is -2.32. The average Bonchev–Trinajstić information content (AvgIpc) is 3.41. The van der Waals surface area contributed by atoms with E-state index >= 15 is 0 Å². The first kappa shape index (κ1) is 17.8. The molecule has 7 nitrogen and oxygen atoms in total. The van der Waals surface area contributed by atoms with E-state index in [1.165, 1.54) is 22.9 Å². The van der Waals surface area contributed by atoms with Crippen LogP contribution in [-0.4, -0.2) is 27.5 Å². The van der Waals surface area contributed by atoms with Gasteiger partial charge in [-0.2, -0.15) is 0 Å². The molecule has 0 saturated carbocycles. The monoisotopic (exact) mass is 399 g/mol. The molecule has 3 aromatic rings. The molecular weight excluding hydrogens is 378 g/mol. The van der Waals surface area contributed by atoms with Crippen LogP contribution in [0.1, 0.15) is 36.0 Å². The third-order valence-corrected chi connectivity index (χ3v) is 6.56. The van der Waals surface area contributed by atoms with Gasteiger partial charge in [0.25, 0.3) is 0 Å². The number of thioether (sulfide) groups is 1. The highest BCUT2D eigenvalue weighted by molar-refractivity contribution is 7.98. The number of rotatable bonds is 5. The van der Waals surface area contributed by atoms with E-state index in [4.69, 9.17) is 9.15 Å². The van der Waals surface area contributed by atoms with E-state index in [0.29, 0.717) is 23.0 Å². The van der Waals surface area contributed by atoms with Crippen molar-refractivity contribution in [3.05, 3.63) is 55.8 Å². The fourth-order valence-corrected chi connectivity index (χ4v) is 5.07. The second-order valence-electron chi connectivity index (χ2n) is 7.41.